The van der Waals surface area contributed by atoms with Crippen LogP contribution in [0.2, 0.25) is 0 Å². The van der Waals surface area contributed by atoms with Gasteiger partial charge in [0.25, 0.3) is 10.0 Å². The Morgan fingerprint density at radius 3 is 2.40 bits per heavy atom. The van der Waals surface area contributed by atoms with Crippen molar-refractivity contribution in [1.29, 1.82) is 0 Å². The van der Waals surface area contributed by atoms with Gasteiger partial charge in [0.05, 0.1) is 31.8 Å². The van der Waals surface area contributed by atoms with Gasteiger partial charge in [0.2, 0.25) is 0 Å². The predicted octanol–water partition coefficient (Wildman–Crippen LogP) is 1.28. The lowest BCUT2D eigenvalue weighted by Gasteiger charge is -2.25. The first-order valence-electron chi connectivity index (χ1n) is 7.59. The Balaban J connectivity index is 2.55. The lowest BCUT2D eigenvalue weighted by molar-refractivity contribution is 0.348. The SMILES string of the molecule is COc1ccc(S(=O)(=O)N(N=C(C)C)[C@@H]2CCS(=O)(=O)C2)c(OC)c1. The zero-order chi connectivity index (χ0) is 18.8. The Morgan fingerprint density at radius 2 is 1.92 bits per heavy atom. The molecule has 1 saturated heterocycles. The van der Waals surface area contributed by atoms with Gasteiger partial charge >= 0.3 is 0 Å². The van der Waals surface area contributed by atoms with Gasteiger partial charge in [0.1, 0.15) is 16.4 Å². The molecule has 0 bridgehead atoms. The molecular weight excluding hydrogens is 368 g/mol. The third kappa shape index (κ3) is 4.24. The molecule has 1 fully saturated rings. The zero-order valence-corrected chi connectivity index (χ0v) is 16.2. The first-order valence-corrected chi connectivity index (χ1v) is 10.9. The fourth-order valence-corrected chi connectivity index (χ4v) is 6.03. The van der Waals surface area contributed by atoms with Gasteiger partial charge < -0.3 is 9.47 Å². The lowest BCUT2D eigenvalue weighted by atomic mass is 10.3. The van der Waals surface area contributed by atoms with E-state index in [-0.39, 0.29) is 28.6 Å². The van der Waals surface area contributed by atoms with E-state index < -0.39 is 25.9 Å². The summed E-state index contributed by atoms with van der Waals surface area (Å²) in [7, 11) is -4.55. The molecule has 0 amide bonds. The molecule has 1 aromatic carbocycles. The van der Waals surface area contributed by atoms with Gasteiger partial charge in [-0.2, -0.15) is 17.9 Å². The van der Waals surface area contributed by atoms with Gasteiger partial charge in [0.15, 0.2) is 9.84 Å². The number of benzene rings is 1. The Kier molecular flexibility index (Phi) is 5.62. The number of sulfonamides is 1. The van der Waals surface area contributed by atoms with E-state index in [4.69, 9.17) is 9.47 Å². The van der Waals surface area contributed by atoms with Crippen LogP contribution in [0.5, 0.6) is 11.5 Å². The third-order valence-electron chi connectivity index (χ3n) is 3.71. The molecule has 0 unspecified atom stereocenters. The summed E-state index contributed by atoms with van der Waals surface area (Å²) in [5, 5.41) is 4.10. The van der Waals surface area contributed by atoms with Crippen LogP contribution in [0.3, 0.4) is 0 Å². The molecule has 1 aliphatic rings. The second kappa shape index (κ2) is 7.20. The van der Waals surface area contributed by atoms with E-state index in [0.717, 1.165) is 4.41 Å². The number of sulfone groups is 1. The maximum absolute atomic E-state index is 13.1. The van der Waals surface area contributed by atoms with E-state index in [1.807, 2.05) is 0 Å². The summed E-state index contributed by atoms with van der Waals surface area (Å²) in [6.45, 7) is 3.30. The van der Waals surface area contributed by atoms with Crippen LogP contribution in [0.25, 0.3) is 0 Å². The molecule has 1 atom stereocenters. The second-order valence-corrected chi connectivity index (χ2v) is 9.89. The van der Waals surface area contributed by atoms with E-state index in [9.17, 15) is 16.8 Å². The van der Waals surface area contributed by atoms with E-state index >= 15 is 0 Å². The summed E-state index contributed by atoms with van der Waals surface area (Å²) in [5.74, 6) is 0.249. The van der Waals surface area contributed by atoms with Crippen LogP contribution >= 0.6 is 0 Å². The van der Waals surface area contributed by atoms with Gasteiger partial charge in [0, 0.05) is 11.8 Å². The number of methoxy groups -OCH3 is 2. The standard InChI is InChI=1S/C15H22N2O6S2/c1-11(2)16-17(12-7-8-24(18,19)10-12)25(20,21)15-6-5-13(22-3)9-14(15)23-4/h5-6,9,12H,7-8,10H2,1-4H3/t12-/m1/s1. The van der Waals surface area contributed by atoms with Crippen molar-refractivity contribution in [2.24, 2.45) is 5.10 Å². The van der Waals surface area contributed by atoms with Crippen LogP contribution in [-0.2, 0) is 19.9 Å². The van der Waals surface area contributed by atoms with Gasteiger partial charge in [-0.25, -0.2) is 8.42 Å². The number of hydrogen-bond acceptors (Lipinski definition) is 7. The van der Waals surface area contributed by atoms with Crippen molar-refractivity contribution in [1.82, 2.24) is 4.41 Å². The molecule has 0 aromatic heterocycles. The fraction of sp³-hybridized carbons (Fsp3) is 0.533. The van der Waals surface area contributed by atoms with Crippen LogP contribution in [0.15, 0.2) is 28.2 Å². The van der Waals surface area contributed by atoms with E-state index in [1.54, 1.807) is 13.8 Å². The van der Waals surface area contributed by atoms with Crippen molar-refractivity contribution in [2.45, 2.75) is 31.2 Å². The smallest absolute Gasteiger partial charge is 0.282 e. The number of rotatable bonds is 6. The first-order chi connectivity index (χ1) is 11.6. The molecule has 1 aromatic rings. The Hall–Kier alpha value is -1.81. The summed E-state index contributed by atoms with van der Waals surface area (Å²) in [5.41, 5.74) is 0.500. The Labute approximate surface area is 148 Å². The quantitative estimate of drug-likeness (QED) is 0.535. The van der Waals surface area contributed by atoms with Gasteiger partial charge in [-0.3, -0.25) is 0 Å². The topological polar surface area (TPSA) is 102 Å². The summed E-state index contributed by atoms with van der Waals surface area (Å²) >= 11 is 0. The molecule has 0 spiro atoms. The highest BCUT2D eigenvalue weighted by atomic mass is 32.2. The Morgan fingerprint density at radius 1 is 1.24 bits per heavy atom. The third-order valence-corrected chi connectivity index (χ3v) is 7.23. The second-order valence-electron chi connectivity index (χ2n) is 5.90. The monoisotopic (exact) mass is 390 g/mol. The van der Waals surface area contributed by atoms with E-state index in [0.29, 0.717) is 11.5 Å². The van der Waals surface area contributed by atoms with Gasteiger partial charge in [-0.1, -0.05) is 0 Å². The first kappa shape index (κ1) is 19.5. The molecule has 1 aliphatic heterocycles. The van der Waals surface area contributed by atoms with Crippen LogP contribution in [0, 0.1) is 0 Å². The molecule has 140 valence electrons. The maximum Gasteiger partial charge on any atom is 0.282 e. The van der Waals surface area contributed by atoms with Crippen molar-refractivity contribution in [2.75, 3.05) is 25.7 Å². The van der Waals surface area contributed by atoms with Crippen LogP contribution in [0.1, 0.15) is 20.3 Å². The molecule has 0 saturated carbocycles. The van der Waals surface area contributed by atoms with Crippen molar-refractivity contribution in [3.05, 3.63) is 18.2 Å². The van der Waals surface area contributed by atoms with Crippen molar-refractivity contribution >= 4 is 25.6 Å². The summed E-state index contributed by atoms with van der Waals surface area (Å²) < 4.78 is 61.0. The Bertz CT molecular complexity index is 873. The summed E-state index contributed by atoms with van der Waals surface area (Å²) in [6, 6.07) is 3.58. The normalized spacial score (nSPS) is 19.3. The molecule has 1 heterocycles. The predicted molar refractivity (Wildman–Crippen MR) is 94.4 cm³/mol. The zero-order valence-electron chi connectivity index (χ0n) is 14.6. The average Bonchev–Trinajstić information content (AvgIpc) is 2.91. The van der Waals surface area contributed by atoms with Crippen LogP contribution in [-0.4, -0.2) is 58.7 Å². The van der Waals surface area contributed by atoms with Crippen molar-refractivity contribution in [3.8, 4) is 11.5 Å². The van der Waals surface area contributed by atoms with E-state index in [2.05, 4.69) is 5.10 Å². The highest BCUT2D eigenvalue weighted by Crippen LogP contribution is 2.33. The van der Waals surface area contributed by atoms with Gasteiger partial charge in [-0.15, -0.1) is 0 Å². The maximum atomic E-state index is 13.1. The molecule has 0 radical (unpaired) electrons. The molecule has 8 nitrogen and oxygen atoms in total. The minimum atomic E-state index is -4.10. The van der Waals surface area contributed by atoms with Crippen molar-refractivity contribution < 1.29 is 26.3 Å². The lowest BCUT2D eigenvalue weighted by Crippen LogP contribution is -2.37. The fourth-order valence-electron chi connectivity index (χ4n) is 2.57. The molecule has 2 rings (SSSR count). The number of hydrogen-bond donors (Lipinski definition) is 0. The van der Waals surface area contributed by atoms with Crippen LogP contribution in [0.4, 0.5) is 0 Å². The minimum absolute atomic E-state index is 0.0539. The van der Waals surface area contributed by atoms with E-state index in [1.165, 1.54) is 32.4 Å². The number of hydrazone groups is 1. The molecule has 10 heteroatoms. The molecule has 0 N–H and O–H groups in total. The van der Waals surface area contributed by atoms with Crippen molar-refractivity contribution in [3.63, 3.8) is 0 Å². The van der Waals surface area contributed by atoms with Gasteiger partial charge in [-0.05, 0) is 32.4 Å². The summed E-state index contributed by atoms with van der Waals surface area (Å²) in [4.78, 5) is -0.0925. The number of ether oxygens (including phenoxy) is 2. The highest BCUT2D eigenvalue weighted by Gasteiger charge is 2.39. The minimum Gasteiger partial charge on any atom is -0.497 e. The average molecular weight is 390 g/mol. The molecule has 0 aliphatic carbocycles. The molecule has 25 heavy (non-hydrogen) atoms. The van der Waals surface area contributed by atoms with Crippen LogP contribution < -0.4 is 9.47 Å². The summed E-state index contributed by atoms with van der Waals surface area (Å²) in [6.07, 6.45) is 0.205. The molecular formula is C15H22N2O6S2. The largest absolute Gasteiger partial charge is 0.497 e. The number of nitrogens with zero attached hydrogens (tertiary/aromatic N) is 2. The highest BCUT2D eigenvalue weighted by molar-refractivity contribution is 7.92.